The summed E-state index contributed by atoms with van der Waals surface area (Å²) in [5.74, 6) is -0.511. The van der Waals surface area contributed by atoms with Gasteiger partial charge in [0.1, 0.15) is 21.7 Å². The standard InChI is InChI=1S/C17H15ClN2O4S/c1-3-23-17(22)15-10(2)13(8-19)16(25-15)20-14(21)9-24-12-6-4-5-11(18)7-12/h4-7H,3,9H2,1-2H3,(H,20,21). The predicted molar refractivity (Wildman–Crippen MR) is 95.3 cm³/mol. The first-order chi connectivity index (χ1) is 12.0. The summed E-state index contributed by atoms with van der Waals surface area (Å²) in [4.78, 5) is 24.3. The molecule has 0 fully saturated rings. The number of esters is 1. The van der Waals surface area contributed by atoms with Crippen LogP contribution in [0.4, 0.5) is 5.00 Å². The van der Waals surface area contributed by atoms with Gasteiger partial charge >= 0.3 is 5.97 Å². The number of nitrogens with one attached hydrogen (secondary N) is 1. The Labute approximate surface area is 153 Å². The van der Waals surface area contributed by atoms with Gasteiger partial charge < -0.3 is 14.8 Å². The molecule has 25 heavy (non-hydrogen) atoms. The molecule has 0 atom stereocenters. The summed E-state index contributed by atoms with van der Waals surface area (Å²) in [6, 6.07) is 8.66. The molecule has 0 saturated carbocycles. The number of halogens is 1. The van der Waals surface area contributed by atoms with Crippen molar-refractivity contribution in [2.75, 3.05) is 18.5 Å². The molecule has 0 unspecified atom stereocenters. The van der Waals surface area contributed by atoms with Gasteiger partial charge in [-0.3, -0.25) is 4.79 Å². The number of ether oxygens (including phenoxy) is 2. The van der Waals surface area contributed by atoms with Crippen LogP contribution in [0.15, 0.2) is 24.3 Å². The van der Waals surface area contributed by atoms with Crippen LogP contribution in [0.5, 0.6) is 5.75 Å². The fraction of sp³-hybridized carbons (Fsp3) is 0.235. The molecule has 0 aliphatic rings. The number of thiophene rings is 1. The lowest BCUT2D eigenvalue weighted by Crippen LogP contribution is -2.20. The number of carbonyl (C=O) groups is 2. The van der Waals surface area contributed by atoms with Gasteiger partial charge in [0.05, 0.1) is 12.2 Å². The topological polar surface area (TPSA) is 88.4 Å². The summed E-state index contributed by atoms with van der Waals surface area (Å²) < 4.78 is 10.3. The molecule has 8 heteroatoms. The van der Waals surface area contributed by atoms with Gasteiger partial charge in [-0.1, -0.05) is 17.7 Å². The van der Waals surface area contributed by atoms with Crippen molar-refractivity contribution in [2.45, 2.75) is 13.8 Å². The Kier molecular flexibility index (Phi) is 6.39. The first-order valence-electron chi connectivity index (χ1n) is 7.35. The summed E-state index contributed by atoms with van der Waals surface area (Å²) in [6.45, 7) is 3.31. The van der Waals surface area contributed by atoms with E-state index in [2.05, 4.69) is 5.32 Å². The zero-order chi connectivity index (χ0) is 18.4. The Hall–Kier alpha value is -2.56. The Morgan fingerprint density at radius 1 is 1.40 bits per heavy atom. The molecular weight excluding hydrogens is 364 g/mol. The van der Waals surface area contributed by atoms with E-state index < -0.39 is 11.9 Å². The Balaban J connectivity index is 2.08. The number of nitrogens with zero attached hydrogens (tertiary/aromatic N) is 1. The van der Waals surface area contributed by atoms with Crippen molar-refractivity contribution in [3.8, 4) is 11.8 Å². The van der Waals surface area contributed by atoms with Crippen LogP contribution in [-0.2, 0) is 9.53 Å². The molecule has 1 aromatic heterocycles. The monoisotopic (exact) mass is 378 g/mol. The summed E-state index contributed by atoms with van der Waals surface area (Å²) in [7, 11) is 0. The Morgan fingerprint density at radius 2 is 2.16 bits per heavy atom. The minimum absolute atomic E-state index is 0.229. The van der Waals surface area contributed by atoms with Crippen LogP contribution in [0.3, 0.4) is 0 Å². The van der Waals surface area contributed by atoms with E-state index in [4.69, 9.17) is 21.1 Å². The van der Waals surface area contributed by atoms with E-state index in [1.54, 1.807) is 38.1 Å². The molecule has 1 aromatic carbocycles. The number of benzene rings is 1. The molecule has 2 aromatic rings. The highest BCUT2D eigenvalue weighted by molar-refractivity contribution is 7.18. The van der Waals surface area contributed by atoms with Crippen molar-refractivity contribution < 1.29 is 19.1 Å². The number of rotatable bonds is 6. The maximum atomic E-state index is 12.1. The fourth-order valence-electron chi connectivity index (χ4n) is 2.00. The largest absolute Gasteiger partial charge is 0.484 e. The second kappa shape index (κ2) is 8.51. The van der Waals surface area contributed by atoms with Gasteiger partial charge in [-0.05, 0) is 37.6 Å². The van der Waals surface area contributed by atoms with Crippen LogP contribution in [0, 0.1) is 18.3 Å². The highest BCUT2D eigenvalue weighted by atomic mass is 35.5. The van der Waals surface area contributed by atoms with E-state index in [-0.39, 0.29) is 18.8 Å². The van der Waals surface area contributed by atoms with E-state index in [1.807, 2.05) is 6.07 Å². The number of anilines is 1. The number of hydrogen-bond donors (Lipinski definition) is 1. The van der Waals surface area contributed by atoms with Crippen molar-refractivity contribution in [3.05, 3.63) is 45.3 Å². The lowest BCUT2D eigenvalue weighted by Gasteiger charge is -2.06. The lowest BCUT2D eigenvalue weighted by atomic mass is 10.2. The third kappa shape index (κ3) is 4.72. The van der Waals surface area contributed by atoms with E-state index in [0.29, 0.717) is 26.2 Å². The van der Waals surface area contributed by atoms with Crippen molar-refractivity contribution in [2.24, 2.45) is 0 Å². The van der Waals surface area contributed by atoms with Crippen LogP contribution in [0.1, 0.15) is 27.7 Å². The predicted octanol–water partition coefficient (Wildman–Crippen LogP) is 3.78. The third-order valence-electron chi connectivity index (χ3n) is 3.14. The molecule has 0 radical (unpaired) electrons. The molecule has 2 rings (SSSR count). The smallest absolute Gasteiger partial charge is 0.348 e. The molecule has 1 N–H and O–H groups in total. The van der Waals surface area contributed by atoms with E-state index in [0.717, 1.165) is 11.3 Å². The highest BCUT2D eigenvalue weighted by Crippen LogP contribution is 2.33. The molecule has 0 aliphatic heterocycles. The fourth-order valence-corrected chi connectivity index (χ4v) is 3.24. The SMILES string of the molecule is CCOC(=O)c1sc(NC(=O)COc2cccc(Cl)c2)c(C#N)c1C. The van der Waals surface area contributed by atoms with Gasteiger partial charge in [-0.25, -0.2) is 4.79 Å². The van der Waals surface area contributed by atoms with Crippen LogP contribution in [0.25, 0.3) is 0 Å². The number of carbonyl (C=O) groups excluding carboxylic acids is 2. The molecule has 1 heterocycles. The van der Waals surface area contributed by atoms with Gasteiger partial charge in [0.2, 0.25) is 0 Å². The Morgan fingerprint density at radius 3 is 2.80 bits per heavy atom. The zero-order valence-corrected chi connectivity index (χ0v) is 15.2. The van der Waals surface area contributed by atoms with Gasteiger partial charge in [-0.15, -0.1) is 11.3 Å². The second-order valence-electron chi connectivity index (χ2n) is 4.89. The average molecular weight is 379 g/mol. The molecular formula is C17H15ClN2O4S. The molecule has 0 bridgehead atoms. The summed E-state index contributed by atoms with van der Waals surface area (Å²) in [5.41, 5.74) is 0.723. The molecule has 0 spiro atoms. The zero-order valence-electron chi connectivity index (χ0n) is 13.6. The maximum absolute atomic E-state index is 12.1. The van der Waals surface area contributed by atoms with Gasteiger partial charge in [-0.2, -0.15) is 5.26 Å². The van der Waals surface area contributed by atoms with Crippen molar-refractivity contribution >= 4 is 39.8 Å². The van der Waals surface area contributed by atoms with E-state index >= 15 is 0 Å². The summed E-state index contributed by atoms with van der Waals surface area (Å²) in [5, 5.41) is 12.7. The van der Waals surface area contributed by atoms with Crippen molar-refractivity contribution in [3.63, 3.8) is 0 Å². The molecule has 1 amide bonds. The van der Waals surface area contributed by atoms with Gasteiger partial charge in [0.15, 0.2) is 6.61 Å². The average Bonchev–Trinajstić information content (AvgIpc) is 2.89. The lowest BCUT2D eigenvalue weighted by molar-refractivity contribution is -0.118. The second-order valence-corrected chi connectivity index (χ2v) is 6.34. The number of hydrogen-bond acceptors (Lipinski definition) is 6. The quantitative estimate of drug-likeness (QED) is 0.773. The minimum atomic E-state index is -0.517. The van der Waals surface area contributed by atoms with Crippen molar-refractivity contribution in [1.29, 1.82) is 5.26 Å². The number of amides is 1. The van der Waals surface area contributed by atoms with Crippen LogP contribution < -0.4 is 10.1 Å². The van der Waals surface area contributed by atoms with E-state index in [1.165, 1.54) is 0 Å². The van der Waals surface area contributed by atoms with Gasteiger partial charge in [0.25, 0.3) is 5.91 Å². The summed E-state index contributed by atoms with van der Waals surface area (Å²) >= 11 is 6.85. The third-order valence-corrected chi connectivity index (χ3v) is 4.56. The molecule has 130 valence electrons. The van der Waals surface area contributed by atoms with Crippen LogP contribution >= 0.6 is 22.9 Å². The summed E-state index contributed by atoms with van der Waals surface area (Å²) in [6.07, 6.45) is 0. The molecule has 6 nitrogen and oxygen atoms in total. The van der Waals surface area contributed by atoms with Crippen LogP contribution in [-0.4, -0.2) is 25.1 Å². The highest BCUT2D eigenvalue weighted by Gasteiger charge is 2.22. The minimum Gasteiger partial charge on any atom is -0.484 e. The van der Waals surface area contributed by atoms with Crippen molar-refractivity contribution in [1.82, 2.24) is 0 Å². The number of nitriles is 1. The molecule has 0 saturated heterocycles. The van der Waals surface area contributed by atoms with Crippen LogP contribution in [0.2, 0.25) is 5.02 Å². The normalized spacial score (nSPS) is 10.0. The Bertz CT molecular complexity index is 842. The maximum Gasteiger partial charge on any atom is 0.348 e. The van der Waals surface area contributed by atoms with E-state index in [9.17, 15) is 14.9 Å². The first-order valence-corrected chi connectivity index (χ1v) is 8.54. The molecule has 0 aliphatic carbocycles. The first kappa shape index (κ1) is 18.8. The van der Waals surface area contributed by atoms with Gasteiger partial charge in [0, 0.05) is 5.02 Å².